The molecule has 26 N–H and O–H groups in total. The molecule has 0 bridgehead atoms. The molecule has 0 spiro atoms. The summed E-state index contributed by atoms with van der Waals surface area (Å²) in [6.07, 6.45) is 2.87. The van der Waals surface area contributed by atoms with Crippen LogP contribution in [0.2, 0.25) is 0 Å². The normalized spacial score (nSPS) is 13.2. The SMILES string of the molecule is NCCCC[C@H](NC(=O)[C@H](CCCN=C(N)N)NC(=O)[C@H](CCCN=C(N)N)NC(=O)CNC(=O)CNC(=O)[C@H](CCCCN)NC(=O)[C@H](CCCN=C(N)N)NC(=O)[C@@H](N)Cc1ccccc1)C(=O)O. The number of carbonyl (C=O) groups is 8. The van der Waals surface area contributed by atoms with Gasteiger partial charge in [0.05, 0.1) is 19.1 Å². The standard InChI is InChI=1S/C43H77N19O9/c44-18-6-4-13-28(60-38(68)30(16-9-21-54-42(49)50)59-35(65)27(46)23-26-11-2-1-3-12-26)36(66)57-24-33(63)56-25-34(64)58-29(15-8-20-53-41(47)48)37(67)61-31(17-10-22-55-43(51)52)39(69)62-32(40(70)71)14-5-7-19-45/h1-3,11-12,27-32H,4-10,13-25,44-46H2,(H,56,63)(H,57,66)(H,58,64)(H,59,65)(H,60,68)(H,61,67)(H,62,69)(H,70,71)(H4,47,48,53)(H4,49,50,54)(H4,51,52,55)/t27-,28-,29-,30-,31-,32-/m0/s1. The molecule has 0 aliphatic heterocycles. The average Bonchev–Trinajstić information content (AvgIpc) is 3.32. The van der Waals surface area contributed by atoms with E-state index in [2.05, 4.69) is 52.2 Å². The highest BCUT2D eigenvalue weighted by Gasteiger charge is 2.31. The first-order chi connectivity index (χ1) is 33.8. The Labute approximate surface area is 413 Å². The summed E-state index contributed by atoms with van der Waals surface area (Å²) in [4.78, 5) is 117. The van der Waals surface area contributed by atoms with Crippen molar-refractivity contribution < 1.29 is 43.5 Å². The largest absolute Gasteiger partial charge is 0.480 e. The van der Waals surface area contributed by atoms with E-state index in [-0.39, 0.29) is 95.3 Å². The van der Waals surface area contributed by atoms with Gasteiger partial charge in [-0.15, -0.1) is 0 Å². The lowest BCUT2D eigenvalue weighted by molar-refractivity contribution is -0.142. The second-order valence-electron chi connectivity index (χ2n) is 16.4. The Kier molecular flexibility index (Phi) is 31.0. The molecule has 0 fully saturated rings. The van der Waals surface area contributed by atoms with E-state index in [9.17, 15) is 43.5 Å². The molecule has 1 aromatic rings. The Hall–Kier alpha value is -7.33. The number of hydrogen-bond donors (Lipinski definition) is 17. The molecule has 0 saturated carbocycles. The first-order valence-electron chi connectivity index (χ1n) is 23.4. The molecule has 71 heavy (non-hydrogen) atoms. The van der Waals surface area contributed by atoms with Crippen LogP contribution in [0, 0.1) is 0 Å². The maximum absolute atomic E-state index is 13.7. The molecular weight excluding hydrogens is 927 g/mol. The molecule has 0 saturated heterocycles. The lowest BCUT2D eigenvalue weighted by Crippen LogP contribution is -2.57. The smallest absolute Gasteiger partial charge is 0.326 e. The van der Waals surface area contributed by atoms with Gasteiger partial charge in [0, 0.05) is 19.6 Å². The number of hydrogen-bond acceptors (Lipinski definition) is 14. The topological polar surface area (TPSA) is 512 Å². The summed E-state index contributed by atoms with van der Waals surface area (Å²) in [5, 5.41) is 27.4. The highest BCUT2D eigenvalue weighted by atomic mass is 16.4. The van der Waals surface area contributed by atoms with Crippen molar-refractivity contribution >= 4 is 65.2 Å². The monoisotopic (exact) mass is 1000 g/mol. The number of carbonyl (C=O) groups excluding carboxylic acids is 7. The van der Waals surface area contributed by atoms with E-state index in [0.29, 0.717) is 38.8 Å². The van der Waals surface area contributed by atoms with Gasteiger partial charge in [-0.25, -0.2) is 4.79 Å². The number of unbranched alkanes of at least 4 members (excludes halogenated alkanes) is 2. The van der Waals surface area contributed by atoms with Crippen molar-refractivity contribution in [1.82, 2.24) is 37.2 Å². The van der Waals surface area contributed by atoms with Crippen molar-refractivity contribution in [3.63, 3.8) is 0 Å². The van der Waals surface area contributed by atoms with Crippen LogP contribution in [0.5, 0.6) is 0 Å². The van der Waals surface area contributed by atoms with E-state index >= 15 is 0 Å². The second-order valence-corrected chi connectivity index (χ2v) is 16.4. The Morgan fingerprint density at radius 3 is 1.28 bits per heavy atom. The molecule has 1 aromatic carbocycles. The zero-order valence-electron chi connectivity index (χ0n) is 40.2. The van der Waals surface area contributed by atoms with Gasteiger partial charge >= 0.3 is 5.97 Å². The molecule has 7 amide bonds. The van der Waals surface area contributed by atoms with E-state index in [0.717, 1.165) is 5.56 Å². The highest BCUT2D eigenvalue weighted by Crippen LogP contribution is 2.09. The highest BCUT2D eigenvalue weighted by molar-refractivity contribution is 5.96. The number of nitrogens with two attached hydrogens (primary N) is 9. The van der Waals surface area contributed by atoms with Gasteiger partial charge in [-0.05, 0) is 102 Å². The van der Waals surface area contributed by atoms with Gasteiger partial charge in [0.25, 0.3) is 0 Å². The minimum Gasteiger partial charge on any atom is -0.480 e. The molecule has 0 heterocycles. The van der Waals surface area contributed by atoms with Crippen LogP contribution in [0.15, 0.2) is 45.3 Å². The van der Waals surface area contributed by atoms with E-state index in [1.54, 1.807) is 12.1 Å². The molecule has 28 heteroatoms. The van der Waals surface area contributed by atoms with Gasteiger partial charge < -0.3 is 93.9 Å². The van der Waals surface area contributed by atoms with Crippen molar-refractivity contribution in [3.05, 3.63) is 35.9 Å². The first-order valence-corrected chi connectivity index (χ1v) is 23.4. The van der Waals surface area contributed by atoms with Crippen molar-refractivity contribution in [2.45, 2.75) is 120 Å². The molecule has 6 atom stereocenters. The van der Waals surface area contributed by atoms with Crippen molar-refractivity contribution in [3.8, 4) is 0 Å². The molecule has 1 rings (SSSR count). The molecule has 0 radical (unpaired) electrons. The zero-order chi connectivity index (χ0) is 53.1. The summed E-state index contributed by atoms with van der Waals surface area (Å²) in [5.74, 6) is -7.22. The Balaban J connectivity index is 3.11. The van der Waals surface area contributed by atoms with Gasteiger partial charge in [0.1, 0.15) is 30.2 Å². The number of nitrogens with one attached hydrogen (secondary N) is 7. The molecule has 398 valence electrons. The van der Waals surface area contributed by atoms with Gasteiger partial charge in [-0.1, -0.05) is 30.3 Å². The fourth-order valence-electron chi connectivity index (χ4n) is 6.66. The van der Waals surface area contributed by atoms with Crippen LogP contribution in [0.4, 0.5) is 0 Å². The summed E-state index contributed by atoms with van der Waals surface area (Å²) in [7, 11) is 0. The maximum Gasteiger partial charge on any atom is 0.326 e. The van der Waals surface area contributed by atoms with Crippen molar-refractivity contribution in [2.24, 2.45) is 66.6 Å². The van der Waals surface area contributed by atoms with E-state index in [4.69, 9.17) is 51.6 Å². The number of amides is 7. The fourth-order valence-corrected chi connectivity index (χ4v) is 6.66. The molecule has 0 aromatic heterocycles. The maximum atomic E-state index is 13.7. The lowest BCUT2D eigenvalue weighted by atomic mass is 10.0. The van der Waals surface area contributed by atoms with Crippen LogP contribution < -0.4 is 88.8 Å². The quantitative estimate of drug-likeness (QED) is 0.0167. The predicted octanol–water partition coefficient (Wildman–Crippen LogP) is -6.28. The number of rotatable bonds is 37. The molecule has 0 unspecified atom stereocenters. The van der Waals surface area contributed by atoms with Gasteiger partial charge in [0.15, 0.2) is 17.9 Å². The average molecular weight is 1000 g/mol. The third-order valence-corrected chi connectivity index (χ3v) is 10.4. The lowest BCUT2D eigenvalue weighted by Gasteiger charge is -2.25. The van der Waals surface area contributed by atoms with Crippen LogP contribution in [0.3, 0.4) is 0 Å². The van der Waals surface area contributed by atoms with Crippen LogP contribution in [-0.4, -0.2) is 152 Å². The number of carboxylic acid groups (broad SMARTS) is 1. The zero-order valence-corrected chi connectivity index (χ0v) is 40.2. The van der Waals surface area contributed by atoms with Crippen LogP contribution in [0.25, 0.3) is 0 Å². The minimum atomic E-state index is -1.31. The first kappa shape index (κ1) is 61.7. The summed E-state index contributed by atoms with van der Waals surface area (Å²) >= 11 is 0. The fraction of sp³-hybridized carbons (Fsp3) is 0.605. The number of nitrogens with zero attached hydrogens (tertiary/aromatic N) is 3. The predicted molar refractivity (Wildman–Crippen MR) is 267 cm³/mol. The summed E-state index contributed by atoms with van der Waals surface area (Å²) in [5.41, 5.74) is 50.8. The third kappa shape index (κ3) is 28.7. The van der Waals surface area contributed by atoms with Crippen LogP contribution >= 0.6 is 0 Å². The Morgan fingerprint density at radius 2 is 0.845 bits per heavy atom. The summed E-state index contributed by atoms with van der Waals surface area (Å²) in [6, 6.07) is 1.83. The molecule has 28 nitrogen and oxygen atoms in total. The summed E-state index contributed by atoms with van der Waals surface area (Å²) < 4.78 is 0. The third-order valence-electron chi connectivity index (χ3n) is 10.4. The minimum absolute atomic E-state index is 0.0285. The Morgan fingerprint density at radius 1 is 0.465 bits per heavy atom. The molecule has 0 aliphatic rings. The van der Waals surface area contributed by atoms with Gasteiger partial charge in [-0.2, -0.15) is 0 Å². The number of aliphatic carboxylic acids is 1. The number of carboxylic acids is 1. The van der Waals surface area contributed by atoms with E-state index in [1.165, 1.54) is 0 Å². The van der Waals surface area contributed by atoms with E-state index in [1.807, 2.05) is 18.2 Å². The van der Waals surface area contributed by atoms with Gasteiger partial charge in [0.2, 0.25) is 41.4 Å². The number of benzene rings is 1. The molecular formula is C43H77N19O9. The van der Waals surface area contributed by atoms with Crippen LogP contribution in [-0.2, 0) is 44.8 Å². The number of aliphatic imine (C=N–C) groups is 3. The van der Waals surface area contributed by atoms with Crippen molar-refractivity contribution in [2.75, 3.05) is 45.8 Å². The number of guanidine groups is 3. The van der Waals surface area contributed by atoms with Crippen molar-refractivity contribution in [1.29, 1.82) is 0 Å². The van der Waals surface area contributed by atoms with Crippen LogP contribution in [0.1, 0.15) is 82.6 Å². The molecule has 0 aliphatic carbocycles. The van der Waals surface area contributed by atoms with Gasteiger partial charge in [-0.3, -0.25) is 48.5 Å². The summed E-state index contributed by atoms with van der Waals surface area (Å²) in [6.45, 7) is -0.386. The van der Waals surface area contributed by atoms with E-state index < -0.39 is 96.7 Å². The Bertz CT molecular complexity index is 1930. The second kappa shape index (κ2) is 35.7.